The second kappa shape index (κ2) is 3.17. The summed E-state index contributed by atoms with van der Waals surface area (Å²) in [5.74, 6) is -1.30. The number of rotatable bonds is 0. The average molecular weight is 214 g/mol. The monoisotopic (exact) mass is 213 g/mol. The van der Waals surface area contributed by atoms with Gasteiger partial charge in [-0.2, -0.15) is 0 Å². The highest BCUT2D eigenvalue weighted by Gasteiger charge is 2.08. The lowest BCUT2D eigenvalue weighted by Crippen LogP contribution is -1.90. The van der Waals surface area contributed by atoms with Gasteiger partial charge in [0.2, 0.25) is 0 Å². The third kappa shape index (κ3) is 1.44. The van der Waals surface area contributed by atoms with E-state index in [9.17, 15) is 8.78 Å². The lowest BCUT2D eigenvalue weighted by Gasteiger charge is -2.03. The lowest BCUT2D eigenvalue weighted by molar-refractivity contribution is 0.590. The molecule has 1 heterocycles. The third-order valence-electron chi connectivity index (χ3n) is 2.01. The molecule has 14 heavy (non-hydrogen) atoms. The molecule has 0 fully saturated rings. The van der Waals surface area contributed by atoms with Crippen LogP contribution in [0.25, 0.3) is 10.9 Å². The van der Waals surface area contributed by atoms with Crippen LogP contribution in [0.3, 0.4) is 0 Å². The van der Waals surface area contributed by atoms with Crippen LogP contribution in [-0.4, -0.2) is 4.98 Å². The van der Waals surface area contributed by atoms with Gasteiger partial charge in [0.25, 0.3) is 0 Å². The number of benzene rings is 1. The Kier molecular flexibility index (Phi) is 2.11. The fraction of sp³-hybridized carbons (Fsp3) is 0.100. The first kappa shape index (κ1) is 9.34. The van der Waals surface area contributed by atoms with Crippen LogP contribution >= 0.6 is 11.6 Å². The Morgan fingerprint density at radius 3 is 2.64 bits per heavy atom. The van der Waals surface area contributed by atoms with Gasteiger partial charge in [-0.3, -0.25) is 0 Å². The van der Waals surface area contributed by atoms with E-state index < -0.39 is 11.6 Å². The zero-order valence-corrected chi connectivity index (χ0v) is 8.07. The van der Waals surface area contributed by atoms with Crippen molar-refractivity contribution in [1.82, 2.24) is 4.98 Å². The predicted molar refractivity (Wildman–Crippen MR) is 51.4 cm³/mol. The highest BCUT2D eigenvalue weighted by Crippen LogP contribution is 2.23. The fourth-order valence-electron chi connectivity index (χ4n) is 1.38. The Morgan fingerprint density at radius 1 is 1.21 bits per heavy atom. The van der Waals surface area contributed by atoms with Crippen LogP contribution in [0.1, 0.15) is 5.56 Å². The molecule has 0 saturated carbocycles. The molecule has 1 nitrogen and oxygen atoms in total. The quantitative estimate of drug-likeness (QED) is 0.611. The minimum absolute atomic E-state index is 0.108. The summed E-state index contributed by atoms with van der Waals surface area (Å²) >= 11 is 5.66. The first-order valence-electron chi connectivity index (χ1n) is 4.00. The van der Waals surface area contributed by atoms with Gasteiger partial charge in [-0.25, -0.2) is 13.8 Å². The van der Waals surface area contributed by atoms with Gasteiger partial charge in [0.05, 0.1) is 0 Å². The molecule has 0 N–H and O–H groups in total. The molecular weight excluding hydrogens is 208 g/mol. The van der Waals surface area contributed by atoms with E-state index in [2.05, 4.69) is 4.98 Å². The molecule has 0 atom stereocenters. The predicted octanol–water partition coefficient (Wildman–Crippen LogP) is 3.47. The summed E-state index contributed by atoms with van der Waals surface area (Å²) in [5, 5.41) is 0.660. The Morgan fingerprint density at radius 2 is 1.93 bits per heavy atom. The van der Waals surface area contributed by atoms with E-state index in [4.69, 9.17) is 11.6 Å². The van der Waals surface area contributed by atoms with Crippen LogP contribution in [-0.2, 0) is 0 Å². The SMILES string of the molecule is Cc1cc(Cl)nc2c(F)cc(F)cc12. The highest BCUT2D eigenvalue weighted by molar-refractivity contribution is 6.29. The van der Waals surface area contributed by atoms with E-state index in [1.807, 2.05) is 0 Å². The number of aromatic nitrogens is 1. The van der Waals surface area contributed by atoms with E-state index >= 15 is 0 Å². The van der Waals surface area contributed by atoms with Gasteiger partial charge in [-0.1, -0.05) is 11.6 Å². The Hall–Kier alpha value is -1.22. The van der Waals surface area contributed by atoms with Crippen LogP contribution in [0.15, 0.2) is 18.2 Å². The van der Waals surface area contributed by atoms with Gasteiger partial charge in [-0.15, -0.1) is 0 Å². The molecule has 0 radical (unpaired) electrons. The van der Waals surface area contributed by atoms with Crippen molar-refractivity contribution in [3.63, 3.8) is 0 Å². The summed E-state index contributed by atoms with van der Waals surface area (Å²) in [5.41, 5.74) is 0.815. The number of fused-ring (bicyclic) bond motifs is 1. The van der Waals surface area contributed by atoms with Crippen molar-refractivity contribution in [2.24, 2.45) is 0 Å². The van der Waals surface area contributed by atoms with Gasteiger partial charge < -0.3 is 0 Å². The molecule has 72 valence electrons. The average Bonchev–Trinajstić information content (AvgIpc) is 2.07. The number of hydrogen-bond acceptors (Lipinski definition) is 1. The van der Waals surface area contributed by atoms with E-state index in [0.29, 0.717) is 10.9 Å². The topological polar surface area (TPSA) is 12.9 Å². The van der Waals surface area contributed by atoms with Crippen molar-refractivity contribution < 1.29 is 8.78 Å². The van der Waals surface area contributed by atoms with Crippen molar-refractivity contribution in [3.8, 4) is 0 Å². The standard InChI is InChI=1S/C10H6ClF2N/c1-5-2-9(11)14-10-7(5)3-6(12)4-8(10)13/h2-4H,1H3. The Balaban J connectivity index is 2.94. The third-order valence-corrected chi connectivity index (χ3v) is 2.20. The van der Waals surface area contributed by atoms with Gasteiger partial charge in [0.1, 0.15) is 16.5 Å². The maximum atomic E-state index is 13.2. The van der Waals surface area contributed by atoms with Gasteiger partial charge >= 0.3 is 0 Å². The van der Waals surface area contributed by atoms with Gasteiger partial charge in [-0.05, 0) is 24.6 Å². The summed E-state index contributed by atoms with van der Waals surface area (Å²) in [6, 6.07) is 3.62. The van der Waals surface area contributed by atoms with Crippen molar-refractivity contribution >= 4 is 22.5 Å². The number of aryl methyl sites for hydroxylation is 1. The molecular formula is C10H6ClF2N. The zero-order valence-electron chi connectivity index (χ0n) is 7.31. The normalized spacial score (nSPS) is 10.9. The number of halogens is 3. The molecule has 0 bridgehead atoms. The summed E-state index contributed by atoms with van der Waals surface area (Å²) in [7, 11) is 0. The summed E-state index contributed by atoms with van der Waals surface area (Å²) in [6.45, 7) is 1.73. The molecule has 0 aliphatic heterocycles. The fourth-order valence-corrected chi connectivity index (χ4v) is 1.62. The van der Waals surface area contributed by atoms with Gasteiger partial charge in [0.15, 0.2) is 5.82 Å². The minimum Gasteiger partial charge on any atom is -0.233 e. The molecule has 1 aromatic heterocycles. The first-order valence-corrected chi connectivity index (χ1v) is 4.37. The largest absolute Gasteiger partial charge is 0.233 e. The summed E-state index contributed by atoms with van der Waals surface area (Å²) < 4.78 is 26.1. The van der Waals surface area contributed by atoms with Crippen LogP contribution in [0.4, 0.5) is 8.78 Å². The molecule has 4 heteroatoms. The number of nitrogens with zero attached hydrogens (tertiary/aromatic N) is 1. The smallest absolute Gasteiger partial charge is 0.152 e. The number of pyridine rings is 1. The maximum Gasteiger partial charge on any atom is 0.152 e. The molecule has 2 rings (SSSR count). The molecule has 0 aliphatic rings. The van der Waals surface area contributed by atoms with E-state index in [-0.39, 0.29) is 10.7 Å². The van der Waals surface area contributed by atoms with Crippen molar-refractivity contribution in [2.75, 3.05) is 0 Å². The second-order valence-corrected chi connectivity index (χ2v) is 3.43. The zero-order chi connectivity index (χ0) is 10.3. The van der Waals surface area contributed by atoms with Crippen LogP contribution in [0.2, 0.25) is 5.15 Å². The molecule has 0 unspecified atom stereocenters. The highest BCUT2D eigenvalue weighted by atomic mass is 35.5. The molecule has 1 aromatic carbocycles. The van der Waals surface area contributed by atoms with Crippen LogP contribution in [0.5, 0.6) is 0 Å². The Bertz CT molecular complexity index is 464. The maximum absolute atomic E-state index is 13.2. The van der Waals surface area contributed by atoms with Crippen molar-refractivity contribution in [1.29, 1.82) is 0 Å². The minimum atomic E-state index is -0.689. The van der Waals surface area contributed by atoms with Crippen LogP contribution < -0.4 is 0 Å². The van der Waals surface area contributed by atoms with Crippen molar-refractivity contribution in [2.45, 2.75) is 6.92 Å². The van der Waals surface area contributed by atoms with E-state index in [0.717, 1.165) is 6.07 Å². The van der Waals surface area contributed by atoms with Crippen molar-refractivity contribution in [3.05, 3.63) is 40.6 Å². The molecule has 0 amide bonds. The molecule has 0 aliphatic carbocycles. The Labute approximate surface area is 84.3 Å². The van der Waals surface area contributed by atoms with E-state index in [1.165, 1.54) is 6.07 Å². The molecule has 0 spiro atoms. The summed E-state index contributed by atoms with van der Waals surface area (Å²) in [4.78, 5) is 3.80. The lowest BCUT2D eigenvalue weighted by atomic mass is 10.1. The summed E-state index contributed by atoms with van der Waals surface area (Å²) in [6.07, 6.45) is 0. The molecule has 0 saturated heterocycles. The second-order valence-electron chi connectivity index (χ2n) is 3.05. The van der Waals surface area contributed by atoms with E-state index in [1.54, 1.807) is 13.0 Å². The molecule has 2 aromatic rings. The van der Waals surface area contributed by atoms with Crippen LogP contribution in [0, 0.1) is 18.6 Å². The number of hydrogen-bond donors (Lipinski definition) is 0. The first-order chi connectivity index (χ1) is 6.58. The van der Waals surface area contributed by atoms with Gasteiger partial charge in [0, 0.05) is 11.5 Å².